The van der Waals surface area contributed by atoms with E-state index in [4.69, 9.17) is 14.1 Å². The number of nitrogens with zero attached hydrogens (tertiary/aromatic N) is 2. The van der Waals surface area contributed by atoms with Gasteiger partial charge in [0.2, 0.25) is 0 Å². The Balaban J connectivity index is 1.47. The first-order valence-electron chi connectivity index (χ1n) is 11.1. The fourth-order valence-corrected chi connectivity index (χ4v) is 3.30. The fourth-order valence-electron chi connectivity index (χ4n) is 3.30. The normalized spacial score (nSPS) is 14.3. The van der Waals surface area contributed by atoms with Crippen LogP contribution >= 0.6 is 0 Å². The van der Waals surface area contributed by atoms with Gasteiger partial charge in [0.15, 0.2) is 5.96 Å². The van der Waals surface area contributed by atoms with E-state index in [2.05, 4.69) is 53.8 Å². The predicted molar refractivity (Wildman–Crippen MR) is 121 cm³/mol. The van der Waals surface area contributed by atoms with E-state index < -0.39 is 0 Å². The number of benzene rings is 1. The third-order valence-electron chi connectivity index (χ3n) is 5.12. The summed E-state index contributed by atoms with van der Waals surface area (Å²) in [4.78, 5) is 7.06. The van der Waals surface area contributed by atoms with Crippen LogP contribution in [0, 0.1) is 5.92 Å². The summed E-state index contributed by atoms with van der Waals surface area (Å²) in [5, 5.41) is 6.76. The Morgan fingerprint density at radius 3 is 2.70 bits per heavy atom. The molecule has 1 heterocycles. The highest BCUT2D eigenvalue weighted by Gasteiger charge is 2.20. The van der Waals surface area contributed by atoms with Gasteiger partial charge in [0.05, 0.1) is 19.4 Å². The molecule has 2 aromatic rings. The molecule has 1 aliphatic rings. The van der Waals surface area contributed by atoms with Gasteiger partial charge >= 0.3 is 0 Å². The minimum Gasteiger partial charge on any atom is -0.468 e. The Kier molecular flexibility index (Phi) is 9.25. The zero-order chi connectivity index (χ0) is 21.0. The third kappa shape index (κ3) is 8.20. The Labute approximate surface area is 180 Å². The molecular formula is C24H36N4O2. The van der Waals surface area contributed by atoms with Crippen molar-refractivity contribution >= 4 is 5.96 Å². The molecule has 0 saturated heterocycles. The molecule has 6 nitrogen and oxygen atoms in total. The first-order chi connectivity index (χ1) is 14.7. The van der Waals surface area contributed by atoms with Crippen LogP contribution in [0.1, 0.15) is 43.1 Å². The summed E-state index contributed by atoms with van der Waals surface area (Å²) in [6, 6.07) is 12.5. The second kappa shape index (κ2) is 12.4. The molecular weight excluding hydrogens is 376 g/mol. The van der Waals surface area contributed by atoms with Crippen molar-refractivity contribution in [3.8, 4) is 0 Å². The van der Waals surface area contributed by atoms with Crippen LogP contribution in [0.5, 0.6) is 0 Å². The van der Waals surface area contributed by atoms with Gasteiger partial charge < -0.3 is 19.8 Å². The standard InChI is InChI=1S/C24H36N4O2/c1-3-25-24(26-13-7-14-29-19-20-11-12-20)27-16-21-8-4-5-9-22(21)17-28(2)18-23-10-6-15-30-23/h4-6,8-10,15,20H,3,7,11-14,16-19H2,1-2H3,(H2,25,26,27). The number of furan rings is 1. The van der Waals surface area contributed by atoms with Crippen molar-refractivity contribution in [3.05, 3.63) is 59.5 Å². The van der Waals surface area contributed by atoms with Crippen LogP contribution in [0.25, 0.3) is 0 Å². The molecule has 1 fully saturated rings. The smallest absolute Gasteiger partial charge is 0.191 e. The van der Waals surface area contributed by atoms with Crippen LogP contribution in [0.2, 0.25) is 0 Å². The molecule has 1 aromatic carbocycles. The van der Waals surface area contributed by atoms with Crippen molar-refractivity contribution in [1.82, 2.24) is 15.5 Å². The van der Waals surface area contributed by atoms with Crippen LogP contribution in [-0.4, -0.2) is 44.2 Å². The zero-order valence-electron chi connectivity index (χ0n) is 18.4. The molecule has 0 unspecified atom stereocenters. The van der Waals surface area contributed by atoms with E-state index in [-0.39, 0.29) is 0 Å². The van der Waals surface area contributed by atoms with Crippen LogP contribution in [-0.2, 0) is 24.4 Å². The molecule has 3 rings (SSSR count). The lowest BCUT2D eigenvalue weighted by Gasteiger charge is -2.17. The lowest BCUT2D eigenvalue weighted by molar-refractivity contribution is 0.123. The molecule has 0 amide bonds. The van der Waals surface area contributed by atoms with Crippen LogP contribution in [0.15, 0.2) is 52.1 Å². The minimum atomic E-state index is 0.651. The van der Waals surface area contributed by atoms with Gasteiger partial charge in [-0.15, -0.1) is 0 Å². The fraction of sp³-hybridized carbons (Fsp3) is 0.542. The summed E-state index contributed by atoms with van der Waals surface area (Å²) >= 11 is 0. The summed E-state index contributed by atoms with van der Waals surface area (Å²) in [6.45, 7) is 7.84. The number of nitrogens with one attached hydrogen (secondary N) is 2. The minimum absolute atomic E-state index is 0.651. The Bertz CT molecular complexity index is 756. The predicted octanol–water partition coefficient (Wildman–Crippen LogP) is 3.78. The van der Waals surface area contributed by atoms with Crippen molar-refractivity contribution in [1.29, 1.82) is 0 Å². The lowest BCUT2D eigenvalue weighted by Crippen LogP contribution is -2.38. The molecule has 1 aromatic heterocycles. The number of aliphatic imine (C=N–C) groups is 1. The molecule has 164 valence electrons. The summed E-state index contributed by atoms with van der Waals surface area (Å²) in [5.41, 5.74) is 2.54. The highest BCUT2D eigenvalue weighted by atomic mass is 16.5. The lowest BCUT2D eigenvalue weighted by atomic mass is 10.1. The average molecular weight is 413 g/mol. The number of hydrogen-bond acceptors (Lipinski definition) is 4. The molecule has 30 heavy (non-hydrogen) atoms. The van der Waals surface area contributed by atoms with Crippen LogP contribution < -0.4 is 10.6 Å². The largest absolute Gasteiger partial charge is 0.468 e. The van der Waals surface area contributed by atoms with E-state index in [0.29, 0.717) is 6.54 Å². The van der Waals surface area contributed by atoms with Gasteiger partial charge in [-0.1, -0.05) is 24.3 Å². The highest BCUT2D eigenvalue weighted by molar-refractivity contribution is 5.79. The average Bonchev–Trinajstić information content (AvgIpc) is 3.43. The van der Waals surface area contributed by atoms with Gasteiger partial charge in [0, 0.05) is 32.8 Å². The van der Waals surface area contributed by atoms with Crippen molar-refractivity contribution in [2.24, 2.45) is 10.9 Å². The van der Waals surface area contributed by atoms with E-state index in [0.717, 1.165) is 63.5 Å². The zero-order valence-corrected chi connectivity index (χ0v) is 18.4. The van der Waals surface area contributed by atoms with E-state index in [9.17, 15) is 0 Å². The summed E-state index contributed by atoms with van der Waals surface area (Å²) < 4.78 is 11.2. The van der Waals surface area contributed by atoms with E-state index in [1.807, 2.05) is 12.1 Å². The SMILES string of the molecule is CCNC(=NCc1ccccc1CN(C)Cc1ccco1)NCCCOCC1CC1. The second-order valence-corrected chi connectivity index (χ2v) is 8.01. The summed E-state index contributed by atoms with van der Waals surface area (Å²) in [5.74, 6) is 2.67. The number of rotatable bonds is 13. The Hall–Kier alpha value is -2.31. The van der Waals surface area contributed by atoms with Crippen molar-refractivity contribution in [2.45, 2.75) is 45.8 Å². The van der Waals surface area contributed by atoms with Crippen LogP contribution in [0.4, 0.5) is 0 Å². The summed E-state index contributed by atoms with van der Waals surface area (Å²) in [6.07, 6.45) is 5.40. The molecule has 0 spiro atoms. The van der Waals surface area contributed by atoms with Gasteiger partial charge in [0.1, 0.15) is 5.76 Å². The Morgan fingerprint density at radius 2 is 1.97 bits per heavy atom. The van der Waals surface area contributed by atoms with E-state index in [1.54, 1.807) is 6.26 Å². The first-order valence-corrected chi connectivity index (χ1v) is 11.1. The number of hydrogen-bond donors (Lipinski definition) is 2. The van der Waals surface area contributed by atoms with Gasteiger partial charge in [-0.25, -0.2) is 4.99 Å². The molecule has 1 aliphatic carbocycles. The quantitative estimate of drug-likeness (QED) is 0.298. The van der Waals surface area contributed by atoms with Crippen LogP contribution in [0.3, 0.4) is 0 Å². The summed E-state index contributed by atoms with van der Waals surface area (Å²) in [7, 11) is 2.11. The number of ether oxygens (including phenoxy) is 1. The first kappa shape index (κ1) is 22.4. The molecule has 0 radical (unpaired) electrons. The maximum atomic E-state index is 5.71. The van der Waals surface area contributed by atoms with Gasteiger partial charge in [-0.2, -0.15) is 0 Å². The Morgan fingerprint density at radius 1 is 1.13 bits per heavy atom. The maximum absolute atomic E-state index is 5.71. The van der Waals surface area contributed by atoms with Crippen molar-refractivity contribution < 1.29 is 9.15 Å². The molecule has 1 saturated carbocycles. The number of guanidine groups is 1. The molecule has 0 aliphatic heterocycles. The molecule has 0 atom stereocenters. The van der Waals surface area contributed by atoms with Gasteiger partial charge in [-0.05, 0) is 62.4 Å². The van der Waals surface area contributed by atoms with Crippen molar-refractivity contribution in [2.75, 3.05) is 33.4 Å². The second-order valence-electron chi connectivity index (χ2n) is 8.01. The maximum Gasteiger partial charge on any atom is 0.191 e. The van der Waals surface area contributed by atoms with E-state index in [1.165, 1.54) is 24.0 Å². The van der Waals surface area contributed by atoms with Crippen molar-refractivity contribution in [3.63, 3.8) is 0 Å². The van der Waals surface area contributed by atoms with Gasteiger partial charge in [0.25, 0.3) is 0 Å². The topological polar surface area (TPSA) is 62.0 Å². The molecule has 0 bridgehead atoms. The molecule has 6 heteroatoms. The molecule has 2 N–H and O–H groups in total. The monoisotopic (exact) mass is 412 g/mol. The van der Waals surface area contributed by atoms with E-state index >= 15 is 0 Å². The van der Waals surface area contributed by atoms with Gasteiger partial charge in [-0.3, -0.25) is 4.90 Å². The third-order valence-corrected chi connectivity index (χ3v) is 5.12. The highest BCUT2D eigenvalue weighted by Crippen LogP contribution is 2.28.